The molecule has 0 N–H and O–H groups in total. The predicted octanol–water partition coefficient (Wildman–Crippen LogP) is 2.60. The summed E-state index contributed by atoms with van der Waals surface area (Å²) >= 11 is 1.08. The average molecular weight is 267 g/mol. The number of nitriles is 1. The second kappa shape index (κ2) is 5.60. The third-order valence-corrected chi connectivity index (χ3v) is 3.92. The fraction of sp³-hybridized carbons (Fsp3) is 0.455. The molecule has 0 saturated carbocycles. The zero-order valence-corrected chi connectivity index (χ0v) is 11.2. The van der Waals surface area contributed by atoms with Gasteiger partial charge >= 0.3 is 5.69 Å². The number of anilines is 1. The van der Waals surface area contributed by atoms with Crippen molar-refractivity contribution in [3.63, 3.8) is 0 Å². The molecular weight excluding hydrogens is 254 g/mol. The maximum atomic E-state index is 11.3. The average Bonchev–Trinajstić information content (AvgIpc) is 2.73. The zero-order valence-electron chi connectivity index (χ0n) is 10.3. The molecule has 0 aliphatic rings. The normalized spacial score (nSPS) is 11.7. The minimum absolute atomic E-state index is 0.0857. The highest BCUT2D eigenvalue weighted by atomic mass is 32.1. The molecule has 0 spiro atoms. The second-order valence-corrected chi connectivity index (χ2v) is 4.97. The van der Waals surface area contributed by atoms with Gasteiger partial charge < -0.3 is 4.90 Å². The molecule has 7 heteroatoms. The molecule has 1 aromatic rings. The van der Waals surface area contributed by atoms with Gasteiger partial charge in [0.1, 0.15) is 0 Å². The highest BCUT2D eigenvalue weighted by molar-refractivity contribution is 7.18. The van der Waals surface area contributed by atoms with Crippen LogP contribution in [0.5, 0.6) is 0 Å². The van der Waals surface area contributed by atoms with Crippen LogP contribution in [0.3, 0.4) is 0 Å². The van der Waals surface area contributed by atoms with E-state index in [9.17, 15) is 14.9 Å². The van der Waals surface area contributed by atoms with Gasteiger partial charge in [-0.1, -0.05) is 0 Å². The molecule has 0 amide bonds. The standard InChI is InChI=1S/C11H13N3O3S/c1-7(4-5-12)13(3)11-9(14(16)17)6-10(18-11)8(2)15/h6-7H,4H2,1-3H3. The molecule has 0 radical (unpaired) electrons. The quantitative estimate of drug-likeness (QED) is 0.465. The smallest absolute Gasteiger partial charge is 0.304 e. The molecule has 1 heterocycles. The summed E-state index contributed by atoms with van der Waals surface area (Å²) in [5.74, 6) is -0.198. The molecule has 1 rings (SSSR count). The summed E-state index contributed by atoms with van der Waals surface area (Å²) in [6.07, 6.45) is 0.265. The van der Waals surface area contributed by atoms with Crippen LogP contribution in [0.4, 0.5) is 10.7 Å². The van der Waals surface area contributed by atoms with Gasteiger partial charge in [-0.3, -0.25) is 14.9 Å². The molecule has 1 atom stereocenters. The van der Waals surface area contributed by atoms with Gasteiger partial charge in [-0.05, 0) is 13.8 Å². The minimum Gasteiger partial charge on any atom is -0.357 e. The van der Waals surface area contributed by atoms with Crippen molar-refractivity contribution in [3.8, 4) is 6.07 Å². The molecule has 0 aliphatic carbocycles. The second-order valence-electron chi connectivity index (χ2n) is 3.94. The third kappa shape index (κ3) is 2.84. The Morgan fingerprint density at radius 3 is 2.78 bits per heavy atom. The molecule has 1 unspecified atom stereocenters. The molecular formula is C11H13N3O3S. The summed E-state index contributed by atoms with van der Waals surface area (Å²) in [5, 5.41) is 20.0. The number of thiophene rings is 1. The van der Waals surface area contributed by atoms with Gasteiger partial charge in [0, 0.05) is 19.2 Å². The molecule has 0 aliphatic heterocycles. The van der Waals surface area contributed by atoms with Gasteiger partial charge in [0.2, 0.25) is 0 Å². The first-order valence-corrected chi connectivity index (χ1v) is 6.09. The topological polar surface area (TPSA) is 87.2 Å². The van der Waals surface area contributed by atoms with Crippen molar-refractivity contribution in [2.75, 3.05) is 11.9 Å². The predicted molar refractivity (Wildman–Crippen MR) is 69.1 cm³/mol. The van der Waals surface area contributed by atoms with E-state index in [1.165, 1.54) is 13.0 Å². The summed E-state index contributed by atoms with van der Waals surface area (Å²) in [6, 6.07) is 3.17. The van der Waals surface area contributed by atoms with Crippen LogP contribution in [-0.2, 0) is 0 Å². The lowest BCUT2D eigenvalue weighted by atomic mass is 10.2. The van der Waals surface area contributed by atoms with Gasteiger partial charge in [0.05, 0.1) is 22.3 Å². The number of rotatable bonds is 5. The Labute approximate surface area is 109 Å². The van der Waals surface area contributed by atoms with E-state index >= 15 is 0 Å². The van der Waals surface area contributed by atoms with Crippen LogP contribution in [-0.4, -0.2) is 23.8 Å². The van der Waals surface area contributed by atoms with Crippen molar-refractivity contribution >= 4 is 27.8 Å². The lowest BCUT2D eigenvalue weighted by molar-refractivity contribution is -0.383. The van der Waals surface area contributed by atoms with Crippen LogP contribution in [0.2, 0.25) is 0 Å². The maximum absolute atomic E-state index is 11.3. The van der Waals surface area contributed by atoms with Gasteiger partial charge in [-0.25, -0.2) is 0 Å². The Hall–Kier alpha value is -1.94. The van der Waals surface area contributed by atoms with Crippen molar-refractivity contribution in [2.24, 2.45) is 0 Å². The van der Waals surface area contributed by atoms with E-state index in [0.717, 1.165) is 11.3 Å². The Balaban J connectivity index is 3.18. The molecule has 0 bridgehead atoms. The van der Waals surface area contributed by atoms with E-state index in [4.69, 9.17) is 5.26 Å². The molecule has 6 nitrogen and oxygen atoms in total. The summed E-state index contributed by atoms with van der Waals surface area (Å²) in [6.45, 7) is 3.18. The summed E-state index contributed by atoms with van der Waals surface area (Å²) in [7, 11) is 1.69. The largest absolute Gasteiger partial charge is 0.357 e. The maximum Gasteiger partial charge on any atom is 0.304 e. The number of ketones is 1. The fourth-order valence-electron chi connectivity index (χ4n) is 1.40. The lowest BCUT2D eigenvalue weighted by Gasteiger charge is -2.22. The van der Waals surface area contributed by atoms with E-state index in [0.29, 0.717) is 9.88 Å². The van der Waals surface area contributed by atoms with Crippen LogP contribution in [0.1, 0.15) is 29.9 Å². The molecule has 0 fully saturated rings. The third-order valence-electron chi connectivity index (χ3n) is 2.61. The van der Waals surface area contributed by atoms with Crippen molar-refractivity contribution in [3.05, 3.63) is 21.1 Å². The van der Waals surface area contributed by atoms with Crippen LogP contribution >= 0.6 is 11.3 Å². The zero-order chi connectivity index (χ0) is 13.9. The van der Waals surface area contributed by atoms with Crippen molar-refractivity contribution in [1.29, 1.82) is 5.26 Å². The molecule has 18 heavy (non-hydrogen) atoms. The molecule has 96 valence electrons. The van der Waals surface area contributed by atoms with Crippen molar-refractivity contribution in [1.82, 2.24) is 0 Å². The Bertz CT molecular complexity index is 518. The van der Waals surface area contributed by atoms with Crippen LogP contribution in [0.25, 0.3) is 0 Å². The van der Waals surface area contributed by atoms with E-state index in [-0.39, 0.29) is 23.9 Å². The minimum atomic E-state index is -0.506. The molecule has 1 aromatic heterocycles. The van der Waals surface area contributed by atoms with Gasteiger partial charge in [0.25, 0.3) is 0 Å². The number of carbonyl (C=O) groups is 1. The van der Waals surface area contributed by atoms with Gasteiger partial charge in [0.15, 0.2) is 10.8 Å². The van der Waals surface area contributed by atoms with Crippen LogP contribution in [0.15, 0.2) is 6.07 Å². The van der Waals surface area contributed by atoms with E-state index in [1.807, 2.05) is 6.07 Å². The summed E-state index contributed by atoms with van der Waals surface area (Å²) in [5.41, 5.74) is -0.0857. The van der Waals surface area contributed by atoms with E-state index in [2.05, 4.69) is 0 Å². The molecule has 0 saturated heterocycles. The number of hydrogen-bond donors (Lipinski definition) is 0. The van der Waals surface area contributed by atoms with Crippen molar-refractivity contribution in [2.45, 2.75) is 26.3 Å². The number of nitrogens with zero attached hydrogens (tertiary/aromatic N) is 3. The van der Waals surface area contributed by atoms with Gasteiger partial charge in [-0.15, -0.1) is 11.3 Å². The molecule has 0 aromatic carbocycles. The van der Waals surface area contributed by atoms with Crippen LogP contribution in [0, 0.1) is 21.4 Å². The SMILES string of the molecule is CC(=O)c1cc([N+](=O)[O-])c(N(C)C(C)CC#N)s1. The summed E-state index contributed by atoms with van der Waals surface area (Å²) in [4.78, 5) is 23.7. The first-order chi connectivity index (χ1) is 8.38. The van der Waals surface area contributed by atoms with Gasteiger partial charge in [-0.2, -0.15) is 5.26 Å². The first-order valence-electron chi connectivity index (χ1n) is 5.27. The van der Waals surface area contributed by atoms with E-state index < -0.39 is 4.92 Å². The number of carbonyl (C=O) groups excluding carboxylic acids is 1. The Morgan fingerprint density at radius 1 is 1.72 bits per heavy atom. The number of nitro groups is 1. The number of hydrogen-bond acceptors (Lipinski definition) is 6. The number of Topliss-reactive ketones (excluding diaryl/α,β-unsaturated/α-hetero) is 1. The summed E-state index contributed by atoms with van der Waals surface area (Å²) < 4.78 is 0. The highest BCUT2D eigenvalue weighted by Gasteiger charge is 2.25. The fourth-order valence-corrected chi connectivity index (χ4v) is 2.48. The highest BCUT2D eigenvalue weighted by Crippen LogP contribution is 2.38. The van der Waals surface area contributed by atoms with Crippen LogP contribution < -0.4 is 4.90 Å². The lowest BCUT2D eigenvalue weighted by Crippen LogP contribution is -2.28. The first kappa shape index (κ1) is 14.1. The monoisotopic (exact) mass is 267 g/mol. The van der Waals surface area contributed by atoms with E-state index in [1.54, 1.807) is 18.9 Å². The van der Waals surface area contributed by atoms with Crippen molar-refractivity contribution < 1.29 is 9.72 Å². The Morgan fingerprint density at radius 2 is 2.33 bits per heavy atom. The Kier molecular flexibility index (Phi) is 4.39.